The summed E-state index contributed by atoms with van der Waals surface area (Å²) < 4.78 is 0. The van der Waals surface area contributed by atoms with Gasteiger partial charge in [0.05, 0.1) is 0 Å². The molecule has 0 aromatic heterocycles. The van der Waals surface area contributed by atoms with E-state index in [0.29, 0.717) is 5.75 Å². The first-order chi connectivity index (χ1) is 11.0. The van der Waals surface area contributed by atoms with Crippen molar-refractivity contribution in [2.75, 3.05) is 20.1 Å². The van der Waals surface area contributed by atoms with Gasteiger partial charge in [-0.3, -0.25) is 0 Å². The van der Waals surface area contributed by atoms with E-state index in [-0.39, 0.29) is 0 Å². The summed E-state index contributed by atoms with van der Waals surface area (Å²) in [7, 11) is 2.16. The molecule has 0 bridgehead atoms. The molecule has 0 fully saturated rings. The zero-order valence-electron chi connectivity index (χ0n) is 13.7. The second-order valence-electron chi connectivity index (χ2n) is 5.45. The predicted molar refractivity (Wildman–Crippen MR) is 90.1 cm³/mol. The number of phenolic OH excluding ortho intramolecular Hbond substituents is 1. The van der Waals surface area contributed by atoms with E-state index in [0.717, 1.165) is 32.9 Å². The summed E-state index contributed by atoms with van der Waals surface area (Å²) in [5, 5.41) is 18.1. The monoisotopic (exact) mass is 314 g/mol. The van der Waals surface area contributed by atoms with Crippen LogP contribution in [0.1, 0.15) is 18.1 Å². The normalized spacial score (nSPS) is 10.0. The quantitative estimate of drug-likeness (QED) is 0.884. The lowest BCUT2D eigenvalue weighted by Gasteiger charge is -2.16. The molecule has 0 spiro atoms. The number of nitrogens with zero attached hydrogens (tertiary/aromatic N) is 1. The highest BCUT2D eigenvalue weighted by molar-refractivity contribution is 5.60. The minimum absolute atomic E-state index is 0.334. The van der Waals surface area contributed by atoms with E-state index in [9.17, 15) is 5.11 Å². The van der Waals surface area contributed by atoms with Gasteiger partial charge in [-0.1, -0.05) is 42.5 Å². The van der Waals surface area contributed by atoms with Crippen molar-refractivity contribution >= 4 is 5.97 Å². The van der Waals surface area contributed by atoms with Crippen LogP contribution in [0, 0.1) is 0 Å². The molecule has 23 heavy (non-hydrogen) atoms. The molecule has 0 aliphatic carbocycles. The van der Waals surface area contributed by atoms with Gasteiger partial charge in [0.25, 0.3) is 0 Å². The third-order valence-corrected chi connectivity index (χ3v) is 3.34. The van der Waals surface area contributed by atoms with Gasteiger partial charge in [0, 0.05) is 19.1 Å². The van der Waals surface area contributed by atoms with E-state index in [1.807, 2.05) is 12.1 Å². The average molecular weight is 314 g/mol. The van der Waals surface area contributed by atoms with Crippen LogP contribution in [0.15, 0.2) is 54.6 Å². The van der Waals surface area contributed by atoms with E-state index >= 15 is 0 Å². The van der Waals surface area contributed by atoms with E-state index in [1.54, 1.807) is 12.1 Å². The van der Waals surface area contributed by atoms with E-state index < -0.39 is 5.97 Å². The van der Waals surface area contributed by atoms with E-state index in [4.69, 9.17) is 9.90 Å². The fourth-order valence-corrected chi connectivity index (χ4v) is 2.06. The molecule has 0 saturated carbocycles. The maximum Gasteiger partial charge on any atom is 0.115 e. The molecule has 0 radical (unpaired) electrons. The number of carbonyl (C=O) groups excluding carboxylic acids is 1. The highest BCUT2D eigenvalue weighted by Crippen LogP contribution is 2.10. The Balaban J connectivity index is 0.000000593. The van der Waals surface area contributed by atoms with Gasteiger partial charge in [0.15, 0.2) is 0 Å². The summed E-state index contributed by atoms with van der Waals surface area (Å²) in [5.74, 6) is -0.749. The van der Waals surface area contributed by atoms with E-state index in [1.165, 1.54) is 11.1 Å². The minimum atomic E-state index is -1.08. The van der Waals surface area contributed by atoms with Crippen molar-refractivity contribution in [1.82, 2.24) is 4.90 Å². The Hall–Kier alpha value is -2.33. The average Bonchev–Trinajstić information content (AvgIpc) is 2.53. The first-order valence-corrected chi connectivity index (χ1v) is 7.65. The van der Waals surface area contributed by atoms with Crippen LogP contribution in [0.2, 0.25) is 0 Å². The molecule has 4 nitrogen and oxygen atoms in total. The molecule has 0 aliphatic heterocycles. The van der Waals surface area contributed by atoms with Crippen LogP contribution in [0.3, 0.4) is 0 Å². The third-order valence-electron chi connectivity index (χ3n) is 3.34. The highest BCUT2D eigenvalue weighted by Gasteiger charge is 2.00. The number of benzene rings is 2. The van der Waals surface area contributed by atoms with Crippen LogP contribution in [-0.4, -0.2) is 36.1 Å². The van der Waals surface area contributed by atoms with Crippen LogP contribution in [0.4, 0.5) is 0 Å². The molecular formula is C19H24NO3-. The molecule has 2 aromatic carbocycles. The van der Waals surface area contributed by atoms with Crippen LogP contribution < -0.4 is 5.11 Å². The van der Waals surface area contributed by atoms with Gasteiger partial charge in [-0.25, -0.2) is 0 Å². The number of likely N-dealkylation sites (N-methyl/N-ethyl adjacent to an activating group) is 1. The largest absolute Gasteiger partial charge is 0.550 e. The number of carboxylic acid groups (broad SMARTS) is 1. The predicted octanol–water partition coefficient (Wildman–Crippen LogP) is 1.87. The third kappa shape index (κ3) is 9.32. The van der Waals surface area contributed by atoms with Crippen LogP contribution in [-0.2, 0) is 17.6 Å². The van der Waals surface area contributed by atoms with Crippen molar-refractivity contribution in [1.29, 1.82) is 0 Å². The molecule has 0 amide bonds. The zero-order valence-corrected chi connectivity index (χ0v) is 13.7. The molecule has 0 heterocycles. The summed E-state index contributed by atoms with van der Waals surface area (Å²) in [6.45, 7) is 3.08. The minimum Gasteiger partial charge on any atom is -0.550 e. The molecule has 0 unspecified atom stereocenters. The Labute approximate surface area is 138 Å². The Bertz CT molecular complexity index is 563. The highest BCUT2D eigenvalue weighted by atomic mass is 16.4. The number of aromatic hydroxyl groups is 1. The van der Waals surface area contributed by atoms with Gasteiger partial charge in [0.2, 0.25) is 0 Å². The Morgan fingerprint density at radius 3 is 1.87 bits per heavy atom. The molecule has 0 aliphatic rings. The van der Waals surface area contributed by atoms with Gasteiger partial charge in [-0.2, -0.15) is 0 Å². The number of aliphatic carboxylic acids is 1. The SMILES string of the molecule is CC(=O)[O-].CN(CCc1ccccc1)CCc1ccc(O)cc1. The second kappa shape index (κ2) is 10.4. The molecule has 0 atom stereocenters. The van der Waals surface area contributed by atoms with Crippen LogP contribution in [0.25, 0.3) is 0 Å². The Morgan fingerprint density at radius 1 is 0.957 bits per heavy atom. The number of rotatable bonds is 6. The van der Waals surface area contributed by atoms with Gasteiger partial charge in [0.1, 0.15) is 5.75 Å². The molecule has 2 aromatic rings. The van der Waals surface area contributed by atoms with Crippen molar-refractivity contribution in [3.63, 3.8) is 0 Å². The second-order valence-corrected chi connectivity index (χ2v) is 5.45. The smallest absolute Gasteiger partial charge is 0.115 e. The maximum atomic E-state index is 9.23. The standard InChI is InChI=1S/C17H21NO.C2H4O2/c1-18(13-11-15-5-3-2-4-6-15)14-12-16-7-9-17(19)10-8-16;1-2(3)4/h2-10,19H,11-14H2,1H3;1H3,(H,3,4)/p-1. The molecular weight excluding hydrogens is 290 g/mol. The number of carboxylic acids is 1. The number of carbonyl (C=O) groups is 1. The first kappa shape index (κ1) is 18.7. The number of hydrogen-bond donors (Lipinski definition) is 1. The maximum absolute atomic E-state index is 9.23. The summed E-state index contributed by atoms with van der Waals surface area (Å²) in [4.78, 5) is 11.2. The van der Waals surface area contributed by atoms with Crippen molar-refractivity contribution < 1.29 is 15.0 Å². The lowest BCUT2D eigenvalue weighted by atomic mass is 10.1. The Morgan fingerprint density at radius 2 is 1.39 bits per heavy atom. The van der Waals surface area contributed by atoms with Gasteiger partial charge in [-0.05, 0) is 50.1 Å². The fraction of sp³-hybridized carbons (Fsp3) is 0.316. The van der Waals surface area contributed by atoms with Crippen molar-refractivity contribution in [3.05, 3.63) is 65.7 Å². The summed E-state index contributed by atoms with van der Waals surface area (Å²) >= 11 is 0. The molecule has 0 saturated heterocycles. The van der Waals surface area contributed by atoms with Crippen LogP contribution in [0.5, 0.6) is 5.75 Å². The van der Waals surface area contributed by atoms with Gasteiger partial charge < -0.3 is 19.9 Å². The topological polar surface area (TPSA) is 63.6 Å². The lowest BCUT2D eigenvalue weighted by Crippen LogP contribution is -2.23. The molecule has 1 N–H and O–H groups in total. The number of hydrogen-bond acceptors (Lipinski definition) is 4. The van der Waals surface area contributed by atoms with Crippen molar-refractivity contribution in [3.8, 4) is 5.75 Å². The summed E-state index contributed by atoms with van der Waals surface area (Å²) in [6.07, 6.45) is 2.11. The van der Waals surface area contributed by atoms with Crippen molar-refractivity contribution in [2.24, 2.45) is 0 Å². The van der Waals surface area contributed by atoms with Crippen molar-refractivity contribution in [2.45, 2.75) is 19.8 Å². The molecule has 2 rings (SSSR count). The summed E-state index contributed by atoms with van der Waals surface area (Å²) in [5.41, 5.74) is 2.66. The van der Waals surface area contributed by atoms with Crippen LogP contribution >= 0.6 is 0 Å². The zero-order chi connectivity index (χ0) is 17.1. The molecule has 124 valence electrons. The molecule has 4 heteroatoms. The summed E-state index contributed by atoms with van der Waals surface area (Å²) in [6, 6.07) is 18.1. The van der Waals surface area contributed by atoms with Gasteiger partial charge in [-0.15, -0.1) is 0 Å². The van der Waals surface area contributed by atoms with Gasteiger partial charge >= 0.3 is 0 Å². The lowest BCUT2D eigenvalue weighted by molar-refractivity contribution is -0.302. The Kier molecular flexibility index (Phi) is 8.47. The van der Waals surface area contributed by atoms with E-state index in [2.05, 4.69) is 42.3 Å². The fourth-order valence-electron chi connectivity index (χ4n) is 2.06. The first-order valence-electron chi connectivity index (χ1n) is 7.65. The number of phenols is 1.